The first-order valence-electron chi connectivity index (χ1n) is 2.01. The Bertz CT molecular complexity index is 105. The lowest BCUT2D eigenvalue weighted by Crippen LogP contribution is -1.85. The molecular formula is C5H7BrO. The van der Waals surface area contributed by atoms with Crippen LogP contribution in [-0.4, -0.2) is 5.78 Å². The van der Waals surface area contributed by atoms with Crippen LogP contribution in [0.1, 0.15) is 13.8 Å². The zero-order chi connectivity index (χ0) is 5.86. The van der Waals surface area contributed by atoms with Crippen LogP contribution in [0.4, 0.5) is 0 Å². The SMILES string of the molecule is C/C=C(/Br)C(C)=O. The Balaban J connectivity index is 3.82. The minimum atomic E-state index is 0.0718. The Morgan fingerprint density at radius 2 is 2.14 bits per heavy atom. The highest BCUT2D eigenvalue weighted by Gasteiger charge is 1.91. The second-order valence-electron chi connectivity index (χ2n) is 1.19. The van der Waals surface area contributed by atoms with E-state index in [1.165, 1.54) is 6.92 Å². The summed E-state index contributed by atoms with van der Waals surface area (Å²) in [6.45, 7) is 3.33. The van der Waals surface area contributed by atoms with Crippen molar-refractivity contribution in [3.8, 4) is 0 Å². The molecular weight excluding hydrogens is 156 g/mol. The summed E-state index contributed by atoms with van der Waals surface area (Å²) in [6.07, 6.45) is 1.72. The van der Waals surface area contributed by atoms with Crippen molar-refractivity contribution in [1.82, 2.24) is 0 Å². The molecule has 0 heterocycles. The van der Waals surface area contributed by atoms with E-state index in [9.17, 15) is 4.79 Å². The third-order valence-corrected chi connectivity index (χ3v) is 1.61. The largest absolute Gasteiger partial charge is 0.294 e. The molecule has 0 fully saturated rings. The molecule has 0 spiro atoms. The summed E-state index contributed by atoms with van der Waals surface area (Å²) in [4.78, 5) is 10.3. The van der Waals surface area contributed by atoms with Gasteiger partial charge < -0.3 is 0 Å². The van der Waals surface area contributed by atoms with Crippen molar-refractivity contribution in [3.05, 3.63) is 10.6 Å². The number of hydrogen-bond donors (Lipinski definition) is 0. The van der Waals surface area contributed by atoms with Crippen molar-refractivity contribution >= 4 is 21.7 Å². The van der Waals surface area contributed by atoms with Crippen LogP contribution >= 0.6 is 15.9 Å². The summed E-state index contributed by atoms with van der Waals surface area (Å²) in [6, 6.07) is 0. The molecule has 2 heteroatoms. The maximum Gasteiger partial charge on any atom is 0.166 e. The highest BCUT2D eigenvalue weighted by molar-refractivity contribution is 9.12. The molecule has 0 bridgehead atoms. The molecule has 0 aliphatic carbocycles. The lowest BCUT2D eigenvalue weighted by Gasteiger charge is -1.82. The molecule has 0 atom stereocenters. The van der Waals surface area contributed by atoms with Crippen LogP contribution in [0, 0.1) is 0 Å². The third kappa shape index (κ3) is 2.57. The first kappa shape index (κ1) is 6.89. The maximum absolute atomic E-state index is 10.3. The summed E-state index contributed by atoms with van der Waals surface area (Å²) in [7, 11) is 0. The topological polar surface area (TPSA) is 17.1 Å². The summed E-state index contributed by atoms with van der Waals surface area (Å²) in [5.41, 5.74) is 0. The molecule has 0 saturated carbocycles. The number of rotatable bonds is 1. The van der Waals surface area contributed by atoms with E-state index in [1.54, 1.807) is 6.08 Å². The molecule has 0 aromatic carbocycles. The van der Waals surface area contributed by atoms with Gasteiger partial charge in [0, 0.05) is 0 Å². The molecule has 0 N–H and O–H groups in total. The quantitative estimate of drug-likeness (QED) is 0.539. The standard InChI is InChI=1S/C5H7BrO/c1-3-5(6)4(2)7/h3H,1-2H3/b5-3+. The molecule has 1 nitrogen and oxygen atoms in total. The molecule has 0 saturated heterocycles. The van der Waals surface area contributed by atoms with Crippen LogP contribution in [0.25, 0.3) is 0 Å². The number of allylic oxidation sites excluding steroid dienone is 2. The minimum absolute atomic E-state index is 0.0718. The van der Waals surface area contributed by atoms with E-state index in [-0.39, 0.29) is 5.78 Å². The van der Waals surface area contributed by atoms with E-state index in [0.717, 1.165) is 0 Å². The second-order valence-corrected chi connectivity index (χ2v) is 2.05. The first-order chi connectivity index (χ1) is 3.18. The van der Waals surface area contributed by atoms with Crippen LogP contribution in [0.15, 0.2) is 10.6 Å². The number of hydrogen-bond acceptors (Lipinski definition) is 1. The van der Waals surface area contributed by atoms with Crippen molar-refractivity contribution in [2.45, 2.75) is 13.8 Å². The summed E-state index contributed by atoms with van der Waals surface area (Å²) in [5.74, 6) is 0.0718. The van der Waals surface area contributed by atoms with E-state index in [0.29, 0.717) is 4.48 Å². The fraction of sp³-hybridized carbons (Fsp3) is 0.400. The highest BCUT2D eigenvalue weighted by atomic mass is 79.9. The van der Waals surface area contributed by atoms with Crippen LogP contribution in [-0.2, 0) is 4.79 Å². The maximum atomic E-state index is 10.3. The van der Waals surface area contributed by atoms with Crippen molar-refractivity contribution in [2.24, 2.45) is 0 Å². The van der Waals surface area contributed by atoms with E-state index >= 15 is 0 Å². The van der Waals surface area contributed by atoms with Gasteiger partial charge in [-0.05, 0) is 29.8 Å². The Morgan fingerprint density at radius 1 is 1.71 bits per heavy atom. The zero-order valence-electron chi connectivity index (χ0n) is 4.36. The summed E-state index contributed by atoms with van der Waals surface area (Å²) in [5, 5.41) is 0. The van der Waals surface area contributed by atoms with E-state index in [1.807, 2.05) is 6.92 Å². The fourth-order valence-electron chi connectivity index (χ4n) is 0.203. The number of ketones is 1. The molecule has 0 aliphatic heterocycles. The van der Waals surface area contributed by atoms with E-state index in [4.69, 9.17) is 0 Å². The van der Waals surface area contributed by atoms with Gasteiger partial charge in [-0.2, -0.15) is 0 Å². The predicted octanol–water partition coefficient (Wildman–Crippen LogP) is 1.87. The lowest BCUT2D eigenvalue weighted by molar-refractivity contribution is -0.112. The third-order valence-electron chi connectivity index (χ3n) is 0.590. The van der Waals surface area contributed by atoms with Gasteiger partial charge in [-0.15, -0.1) is 0 Å². The van der Waals surface area contributed by atoms with Gasteiger partial charge in [0.05, 0.1) is 4.48 Å². The van der Waals surface area contributed by atoms with Gasteiger partial charge in [-0.3, -0.25) is 4.79 Å². The smallest absolute Gasteiger partial charge is 0.166 e. The van der Waals surface area contributed by atoms with Crippen molar-refractivity contribution < 1.29 is 4.79 Å². The average Bonchev–Trinajstić information content (AvgIpc) is 1.65. The monoisotopic (exact) mass is 162 g/mol. The molecule has 0 unspecified atom stereocenters. The van der Waals surface area contributed by atoms with Gasteiger partial charge in [-0.1, -0.05) is 6.08 Å². The fourth-order valence-corrected chi connectivity index (χ4v) is 0.203. The average molecular weight is 163 g/mol. The molecule has 40 valence electrons. The number of carbonyl (C=O) groups is 1. The van der Waals surface area contributed by atoms with Crippen LogP contribution in [0.2, 0.25) is 0 Å². The molecule has 0 aromatic rings. The van der Waals surface area contributed by atoms with Crippen LogP contribution < -0.4 is 0 Å². The zero-order valence-corrected chi connectivity index (χ0v) is 5.95. The van der Waals surface area contributed by atoms with Crippen molar-refractivity contribution in [1.29, 1.82) is 0 Å². The van der Waals surface area contributed by atoms with E-state index < -0.39 is 0 Å². The Kier molecular flexibility index (Phi) is 2.92. The van der Waals surface area contributed by atoms with Crippen LogP contribution in [0.3, 0.4) is 0 Å². The lowest BCUT2D eigenvalue weighted by atomic mass is 10.4. The normalized spacial score (nSPS) is 11.6. The van der Waals surface area contributed by atoms with Crippen LogP contribution in [0.5, 0.6) is 0 Å². The number of carbonyl (C=O) groups excluding carboxylic acids is 1. The minimum Gasteiger partial charge on any atom is -0.294 e. The van der Waals surface area contributed by atoms with Gasteiger partial charge in [-0.25, -0.2) is 0 Å². The number of halogens is 1. The van der Waals surface area contributed by atoms with Gasteiger partial charge in [0.1, 0.15) is 0 Å². The van der Waals surface area contributed by atoms with Crippen molar-refractivity contribution in [2.75, 3.05) is 0 Å². The van der Waals surface area contributed by atoms with Gasteiger partial charge in [0.25, 0.3) is 0 Å². The summed E-state index contributed by atoms with van der Waals surface area (Å²) < 4.78 is 0.646. The summed E-state index contributed by atoms with van der Waals surface area (Å²) >= 11 is 3.05. The second kappa shape index (κ2) is 2.97. The molecule has 0 aliphatic rings. The molecule has 7 heavy (non-hydrogen) atoms. The van der Waals surface area contributed by atoms with Gasteiger partial charge in [0.15, 0.2) is 5.78 Å². The predicted molar refractivity (Wildman–Crippen MR) is 33.4 cm³/mol. The van der Waals surface area contributed by atoms with Gasteiger partial charge in [0.2, 0.25) is 0 Å². The first-order valence-corrected chi connectivity index (χ1v) is 2.80. The van der Waals surface area contributed by atoms with Gasteiger partial charge >= 0.3 is 0 Å². The highest BCUT2D eigenvalue weighted by Crippen LogP contribution is 2.03. The van der Waals surface area contributed by atoms with Crippen molar-refractivity contribution in [3.63, 3.8) is 0 Å². The molecule has 0 radical (unpaired) electrons. The van der Waals surface area contributed by atoms with E-state index in [2.05, 4.69) is 15.9 Å². The number of Topliss-reactive ketones (excluding diaryl/α,β-unsaturated/α-hetero) is 1. The Hall–Kier alpha value is -0.110. The Labute approximate surface area is 51.5 Å². The molecule has 0 rings (SSSR count). The molecule has 0 aromatic heterocycles. The Morgan fingerprint density at radius 3 is 2.14 bits per heavy atom. The molecule has 0 amide bonds.